The van der Waals surface area contributed by atoms with Gasteiger partial charge < -0.3 is 29.1 Å². The molecule has 2 heterocycles. The lowest BCUT2D eigenvalue weighted by Crippen LogP contribution is -2.33. The molecule has 0 aliphatic carbocycles. The van der Waals surface area contributed by atoms with Gasteiger partial charge in [-0.25, -0.2) is 0 Å². The molecule has 0 aliphatic heterocycles. The number of benzene rings is 6. The first-order valence-electron chi connectivity index (χ1n) is 18.3. The van der Waals surface area contributed by atoms with Crippen molar-refractivity contribution in [1.82, 2.24) is 18.9 Å². The van der Waals surface area contributed by atoms with Crippen molar-refractivity contribution in [3.8, 4) is 22.9 Å². The average Bonchev–Trinajstić information content (AvgIpc) is 3.67. The Labute approximate surface area is 305 Å². The van der Waals surface area contributed by atoms with Crippen molar-refractivity contribution >= 4 is 43.6 Å². The van der Waals surface area contributed by atoms with E-state index >= 15 is 0 Å². The fourth-order valence-corrected chi connectivity index (χ4v) is 7.94. The Hall–Kier alpha value is -5.56. The van der Waals surface area contributed by atoms with Gasteiger partial charge in [0.1, 0.15) is 11.5 Å². The fourth-order valence-electron chi connectivity index (χ4n) is 7.94. The van der Waals surface area contributed by atoms with Crippen LogP contribution in [0.1, 0.15) is 22.3 Å². The Kier molecular flexibility index (Phi) is 8.96. The Morgan fingerprint density at radius 2 is 0.750 bits per heavy atom. The summed E-state index contributed by atoms with van der Waals surface area (Å²) in [6.07, 6.45) is 1.50. The van der Waals surface area contributed by atoms with Crippen LogP contribution in [0.2, 0.25) is 0 Å². The number of para-hydroxylation sites is 4. The predicted molar refractivity (Wildman–Crippen MR) is 217 cm³/mol. The van der Waals surface area contributed by atoms with E-state index in [1.165, 1.54) is 21.5 Å². The first-order chi connectivity index (χ1) is 25.3. The van der Waals surface area contributed by atoms with Crippen molar-refractivity contribution < 1.29 is 10.2 Å². The number of aromatic nitrogens is 2. The lowest BCUT2D eigenvalue weighted by molar-refractivity contribution is 0.259. The number of aryl methyl sites for hydroxylation is 2. The Morgan fingerprint density at radius 3 is 1.08 bits per heavy atom. The average molecular weight is 687 g/mol. The largest absolute Gasteiger partial charge is 0.505 e. The molecular formula is C46H46N4O2. The van der Waals surface area contributed by atoms with E-state index in [2.05, 4.69) is 168 Å². The standard InChI is InChI=1S/C46H46N4O2/c1-31-27-33(45(51)43(29-31)49-39-17-9-5-13-35(39)36-14-6-10-18-40(36)49)21-23-47(3)25-26-48(4)24-22-34-28-32(2)30-44(46(34)52)50-41-19-11-7-15-37(41)38-16-8-12-20-42(38)50/h5-20,27-30,51-52H,21-26H2,1-4H3. The molecule has 0 saturated carbocycles. The first kappa shape index (κ1) is 33.6. The zero-order valence-electron chi connectivity index (χ0n) is 30.5. The van der Waals surface area contributed by atoms with Gasteiger partial charge >= 0.3 is 0 Å². The van der Waals surface area contributed by atoms with Gasteiger partial charge in [0, 0.05) is 47.7 Å². The van der Waals surface area contributed by atoms with Crippen LogP contribution in [0.15, 0.2) is 121 Å². The van der Waals surface area contributed by atoms with Gasteiger partial charge in [-0.05, 0) is 99.4 Å². The van der Waals surface area contributed by atoms with E-state index in [0.717, 1.165) is 94.7 Å². The van der Waals surface area contributed by atoms with Crippen LogP contribution in [0.4, 0.5) is 0 Å². The molecule has 2 aromatic heterocycles. The second-order valence-corrected chi connectivity index (χ2v) is 14.4. The van der Waals surface area contributed by atoms with Crippen LogP contribution in [0, 0.1) is 13.8 Å². The van der Waals surface area contributed by atoms with E-state index in [1.54, 1.807) is 0 Å². The Balaban J connectivity index is 0.938. The lowest BCUT2D eigenvalue weighted by Gasteiger charge is -2.23. The monoisotopic (exact) mass is 686 g/mol. The van der Waals surface area contributed by atoms with E-state index in [0.29, 0.717) is 11.5 Å². The van der Waals surface area contributed by atoms with Gasteiger partial charge in [-0.3, -0.25) is 0 Å². The molecule has 0 aliphatic rings. The van der Waals surface area contributed by atoms with E-state index in [9.17, 15) is 10.2 Å². The summed E-state index contributed by atoms with van der Waals surface area (Å²) in [4.78, 5) is 4.67. The number of phenolic OH excluding ortho intramolecular Hbond substituents is 2. The second-order valence-electron chi connectivity index (χ2n) is 14.4. The number of nitrogens with zero attached hydrogens (tertiary/aromatic N) is 4. The van der Waals surface area contributed by atoms with Crippen molar-refractivity contribution in [2.45, 2.75) is 26.7 Å². The van der Waals surface area contributed by atoms with E-state index in [-0.39, 0.29) is 0 Å². The van der Waals surface area contributed by atoms with Gasteiger partial charge in [-0.2, -0.15) is 0 Å². The fraction of sp³-hybridized carbons (Fsp3) is 0.217. The maximum Gasteiger partial charge on any atom is 0.142 e. The van der Waals surface area contributed by atoms with Crippen LogP contribution >= 0.6 is 0 Å². The summed E-state index contributed by atoms with van der Waals surface area (Å²) in [5.74, 6) is 0.696. The summed E-state index contributed by atoms with van der Waals surface area (Å²) in [5, 5.41) is 28.1. The number of rotatable bonds is 11. The van der Waals surface area contributed by atoms with Crippen molar-refractivity contribution in [2.24, 2.45) is 0 Å². The SMILES string of the molecule is Cc1cc(CCN(C)CCN(C)CCc2cc(C)cc(-n3c4ccccc4c4ccccc43)c2O)c(O)c(-n2c3ccccc3c3ccccc32)c1. The summed E-state index contributed by atoms with van der Waals surface area (Å²) < 4.78 is 4.40. The van der Waals surface area contributed by atoms with Crippen LogP contribution in [0.5, 0.6) is 11.5 Å². The van der Waals surface area contributed by atoms with Gasteiger partial charge in [0.2, 0.25) is 0 Å². The molecule has 0 spiro atoms. The van der Waals surface area contributed by atoms with E-state index in [1.807, 2.05) is 0 Å². The molecule has 6 nitrogen and oxygen atoms in total. The summed E-state index contributed by atoms with van der Waals surface area (Å²) in [6, 6.07) is 42.1. The topological polar surface area (TPSA) is 56.8 Å². The first-order valence-corrected chi connectivity index (χ1v) is 18.3. The highest BCUT2D eigenvalue weighted by Gasteiger charge is 2.19. The molecule has 52 heavy (non-hydrogen) atoms. The molecule has 6 heteroatoms. The number of hydrogen-bond donors (Lipinski definition) is 2. The summed E-state index contributed by atoms with van der Waals surface area (Å²) in [6.45, 7) is 7.68. The van der Waals surface area contributed by atoms with Crippen molar-refractivity contribution in [3.05, 3.63) is 144 Å². The van der Waals surface area contributed by atoms with Gasteiger partial charge in [-0.1, -0.05) is 84.9 Å². The summed E-state index contributed by atoms with van der Waals surface area (Å²) >= 11 is 0. The summed E-state index contributed by atoms with van der Waals surface area (Å²) in [5.41, 5.74) is 10.2. The Bertz CT molecular complexity index is 2290. The number of fused-ring (bicyclic) bond motifs is 6. The van der Waals surface area contributed by atoms with E-state index < -0.39 is 0 Å². The van der Waals surface area contributed by atoms with Crippen LogP contribution in [0.25, 0.3) is 55.0 Å². The summed E-state index contributed by atoms with van der Waals surface area (Å²) in [7, 11) is 4.30. The molecule has 262 valence electrons. The molecule has 8 aromatic rings. The minimum atomic E-state index is 0.348. The maximum atomic E-state index is 11.7. The van der Waals surface area contributed by atoms with Gasteiger partial charge in [-0.15, -0.1) is 0 Å². The van der Waals surface area contributed by atoms with Gasteiger partial charge in [0.25, 0.3) is 0 Å². The Morgan fingerprint density at radius 1 is 0.442 bits per heavy atom. The third-order valence-corrected chi connectivity index (χ3v) is 10.7. The minimum Gasteiger partial charge on any atom is -0.505 e. The highest BCUT2D eigenvalue weighted by Crippen LogP contribution is 2.38. The molecule has 0 fully saturated rings. The molecule has 2 N–H and O–H groups in total. The molecular weight excluding hydrogens is 641 g/mol. The molecule has 0 bridgehead atoms. The highest BCUT2D eigenvalue weighted by atomic mass is 16.3. The normalized spacial score (nSPS) is 12.0. The van der Waals surface area contributed by atoms with Crippen LogP contribution in [-0.4, -0.2) is 69.4 Å². The number of hydrogen-bond acceptors (Lipinski definition) is 4. The second kappa shape index (κ2) is 13.9. The molecule has 0 unspecified atom stereocenters. The number of aromatic hydroxyl groups is 2. The zero-order chi connectivity index (χ0) is 35.9. The van der Waals surface area contributed by atoms with Gasteiger partial charge in [0.15, 0.2) is 0 Å². The van der Waals surface area contributed by atoms with Gasteiger partial charge in [0.05, 0.1) is 33.4 Å². The zero-order valence-corrected chi connectivity index (χ0v) is 30.5. The van der Waals surface area contributed by atoms with Crippen molar-refractivity contribution in [2.75, 3.05) is 40.3 Å². The molecule has 0 amide bonds. The number of phenols is 2. The molecule has 8 rings (SSSR count). The minimum absolute atomic E-state index is 0.348. The third kappa shape index (κ3) is 6.08. The smallest absolute Gasteiger partial charge is 0.142 e. The maximum absolute atomic E-state index is 11.7. The molecule has 0 saturated heterocycles. The predicted octanol–water partition coefficient (Wildman–Crippen LogP) is 9.56. The molecule has 0 radical (unpaired) electrons. The number of likely N-dealkylation sites (N-methyl/N-ethyl adjacent to an activating group) is 2. The lowest BCUT2D eigenvalue weighted by atomic mass is 10.0. The van der Waals surface area contributed by atoms with E-state index in [4.69, 9.17) is 0 Å². The van der Waals surface area contributed by atoms with Crippen molar-refractivity contribution in [1.29, 1.82) is 0 Å². The molecule has 0 atom stereocenters. The van der Waals surface area contributed by atoms with Crippen LogP contribution < -0.4 is 0 Å². The van der Waals surface area contributed by atoms with Crippen LogP contribution in [0.3, 0.4) is 0 Å². The van der Waals surface area contributed by atoms with Crippen molar-refractivity contribution in [3.63, 3.8) is 0 Å². The highest BCUT2D eigenvalue weighted by molar-refractivity contribution is 6.10. The molecule has 6 aromatic carbocycles. The third-order valence-electron chi connectivity index (χ3n) is 10.7. The van der Waals surface area contributed by atoms with Crippen LogP contribution in [-0.2, 0) is 12.8 Å². The quantitative estimate of drug-likeness (QED) is 0.142.